The average Bonchev–Trinajstić information content (AvgIpc) is 2.51. The molecule has 0 atom stereocenters. The molecule has 6 heteroatoms. The standard InChI is InChI=1S/C19H24N2O3S/c1-13-11-16(19(3,4)5)12-14(2)17(13)25(23,24)21-20-18(22)15-9-7-6-8-10-15/h6-12,21H,1-5H3,(H,20,22). The van der Waals surface area contributed by atoms with Gasteiger partial charge >= 0.3 is 0 Å². The van der Waals surface area contributed by atoms with Gasteiger partial charge in [0.15, 0.2) is 0 Å². The third-order valence-corrected chi connectivity index (χ3v) is 5.48. The van der Waals surface area contributed by atoms with Crippen LogP contribution in [0, 0.1) is 13.8 Å². The normalized spacial score (nSPS) is 12.0. The highest BCUT2D eigenvalue weighted by atomic mass is 32.2. The maximum Gasteiger partial charge on any atom is 0.266 e. The molecular formula is C19H24N2O3S. The summed E-state index contributed by atoms with van der Waals surface area (Å²) in [5, 5.41) is 0. The minimum absolute atomic E-state index is 0.0766. The molecule has 0 radical (unpaired) electrons. The fourth-order valence-electron chi connectivity index (χ4n) is 2.63. The van der Waals surface area contributed by atoms with Gasteiger partial charge in [0.25, 0.3) is 15.9 Å². The van der Waals surface area contributed by atoms with Crippen molar-refractivity contribution < 1.29 is 13.2 Å². The zero-order valence-corrected chi connectivity index (χ0v) is 16.0. The minimum Gasteiger partial charge on any atom is -0.273 e. The lowest BCUT2D eigenvalue weighted by molar-refractivity contribution is 0.0945. The molecular weight excluding hydrogens is 336 g/mol. The van der Waals surface area contributed by atoms with Gasteiger partial charge in [-0.1, -0.05) is 51.1 Å². The van der Waals surface area contributed by atoms with Crippen molar-refractivity contribution in [3.63, 3.8) is 0 Å². The van der Waals surface area contributed by atoms with Gasteiger partial charge in [-0.25, -0.2) is 8.42 Å². The number of amides is 1. The molecule has 2 aromatic carbocycles. The number of benzene rings is 2. The number of hydrogen-bond acceptors (Lipinski definition) is 3. The first kappa shape index (κ1) is 19.1. The number of hydrazine groups is 1. The zero-order valence-electron chi connectivity index (χ0n) is 15.2. The largest absolute Gasteiger partial charge is 0.273 e. The maximum atomic E-state index is 12.6. The van der Waals surface area contributed by atoms with Crippen molar-refractivity contribution in [3.05, 3.63) is 64.7 Å². The third-order valence-electron chi connectivity index (χ3n) is 3.93. The summed E-state index contributed by atoms with van der Waals surface area (Å²) in [6.45, 7) is 9.75. The van der Waals surface area contributed by atoms with E-state index < -0.39 is 15.9 Å². The van der Waals surface area contributed by atoms with Gasteiger partial charge in [-0.15, -0.1) is 4.83 Å². The van der Waals surface area contributed by atoms with E-state index in [0.717, 1.165) is 5.56 Å². The molecule has 0 aliphatic heterocycles. The molecule has 0 saturated heterocycles. The van der Waals surface area contributed by atoms with Crippen molar-refractivity contribution in [2.45, 2.75) is 44.9 Å². The van der Waals surface area contributed by atoms with E-state index in [0.29, 0.717) is 16.7 Å². The van der Waals surface area contributed by atoms with Crippen molar-refractivity contribution >= 4 is 15.9 Å². The maximum absolute atomic E-state index is 12.6. The van der Waals surface area contributed by atoms with Crippen LogP contribution in [0.15, 0.2) is 47.4 Å². The van der Waals surface area contributed by atoms with Gasteiger partial charge in [0.1, 0.15) is 0 Å². The van der Waals surface area contributed by atoms with Crippen LogP contribution in [-0.4, -0.2) is 14.3 Å². The molecule has 0 heterocycles. The Morgan fingerprint density at radius 3 is 1.96 bits per heavy atom. The van der Waals surface area contributed by atoms with E-state index in [9.17, 15) is 13.2 Å². The predicted octanol–water partition coefficient (Wildman–Crippen LogP) is 3.22. The number of rotatable bonds is 4. The Kier molecular flexibility index (Phi) is 5.34. The molecule has 0 aliphatic carbocycles. The van der Waals surface area contributed by atoms with Gasteiger partial charge in [0.05, 0.1) is 4.90 Å². The Morgan fingerprint density at radius 2 is 1.48 bits per heavy atom. The van der Waals surface area contributed by atoms with Crippen LogP contribution >= 0.6 is 0 Å². The highest BCUT2D eigenvalue weighted by Gasteiger charge is 2.23. The molecule has 1 amide bonds. The third kappa shape index (κ3) is 4.46. The minimum atomic E-state index is -3.87. The molecule has 0 fully saturated rings. The zero-order chi connectivity index (χ0) is 18.8. The molecule has 0 bridgehead atoms. The van der Waals surface area contributed by atoms with Crippen LogP contribution in [0.4, 0.5) is 0 Å². The highest BCUT2D eigenvalue weighted by molar-refractivity contribution is 7.89. The second kappa shape index (κ2) is 6.98. The van der Waals surface area contributed by atoms with E-state index in [4.69, 9.17) is 0 Å². The van der Waals surface area contributed by atoms with Crippen LogP contribution in [-0.2, 0) is 15.4 Å². The van der Waals surface area contributed by atoms with Crippen molar-refractivity contribution in [1.29, 1.82) is 0 Å². The highest BCUT2D eigenvalue weighted by Crippen LogP contribution is 2.28. The summed E-state index contributed by atoms with van der Waals surface area (Å²) in [4.78, 5) is 14.4. The Morgan fingerprint density at radius 1 is 0.960 bits per heavy atom. The van der Waals surface area contributed by atoms with Crippen LogP contribution in [0.2, 0.25) is 0 Å². The molecule has 0 saturated carbocycles. The van der Waals surface area contributed by atoms with E-state index in [-0.39, 0.29) is 10.3 Å². The summed E-state index contributed by atoms with van der Waals surface area (Å²) >= 11 is 0. The predicted molar refractivity (Wildman–Crippen MR) is 98.8 cm³/mol. The van der Waals surface area contributed by atoms with Crippen LogP contribution in [0.3, 0.4) is 0 Å². The molecule has 5 nitrogen and oxygen atoms in total. The summed E-state index contributed by atoms with van der Waals surface area (Å²) in [6.07, 6.45) is 0. The summed E-state index contributed by atoms with van der Waals surface area (Å²) in [6, 6.07) is 12.2. The molecule has 0 aromatic heterocycles. The van der Waals surface area contributed by atoms with E-state index in [1.54, 1.807) is 44.2 Å². The first-order valence-corrected chi connectivity index (χ1v) is 9.49. The van der Waals surface area contributed by atoms with E-state index in [1.807, 2.05) is 12.1 Å². The molecule has 0 aliphatic rings. The lowest BCUT2D eigenvalue weighted by Crippen LogP contribution is -2.42. The Hall–Kier alpha value is -2.18. The van der Waals surface area contributed by atoms with Crippen molar-refractivity contribution in [3.8, 4) is 0 Å². The number of aryl methyl sites for hydroxylation is 2. The molecule has 25 heavy (non-hydrogen) atoms. The van der Waals surface area contributed by atoms with Gasteiger partial charge in [-0.2, -0.15) is 0 Å². The van der Waals surface area contributed by atoms with Crippen molar-refractivity contribution in [2.24, 2.45) is 0 Å². The van der Waals surface area contributed by atoms with Crippen LogP contribution < -0.4 is 10.3 Å². The number of carbonyl (C=O) groups excluding carboxylic acids is 1. The second-order valence-corrected chi connectivity index (χ2v) is 8.73. The van der Waals surface area contributed by atoms with Gasteiger partial charge in [0.2, 0.25) is 0 Å². The average molecular weight is 360 g/mol. The smallest absolute Gasteiger partial charge is 0.266 e. The number of carbonyl (C=O) groups is 1. The van der Waals surface area contributed by atoms with Gasteiger partial charge in [0, 0.05) is 5.56 Å². The fraction of sp³-hybridized carbons (Fsp3) is 0.316. The lowest BCUT2D eigenvalue weighted by Gasteiger charge is -2.22. The molecule has 2 rings (SSSR count). The Bertz CT molecular complexity index is 860. The number of sulfonamides is 1. The number of hydrogen-bond donors (Lipinski definition) is 2. The Balaban J connectivity index is 2.27. The van der Waals surface area contributed by atoms with Crippen LogP contribution in [0.25, 0.3) is 0 Å². The summed E-state index contributed by atoms with van der Waals surface area (Å²) < 4.78 is 25.3. The topological polar surface area (TPSA) is 75.3 Å². The quantitative estimate of drug-likeness (QED) is 0.822. The molecule has 0 unspecified atom stereocenters. The van der Waals surface area contributed by atoms with Gasteiger partial charge in [-0.05, 0) is 48.1 Å². The van der Waals surface area contributed by atoms with Gasteiger partial charge < -0.3 is 0 Å². The second-order valence-electron chi connectivity index (χ2n) is 7.11. The first-order chi connectivity index (χ1) is 11.5. The van der Waals surface area contributed by atoms with Crippen LogP contribution in [0.1, 0.15) is 47.8 Å². The van der Waals surface area contributed by atoms with Crippen molar-refractivity contribution in [2.75, 3.05) is 0 Å². The van der Waals surface area contributed by atoms with Crippen LogP contribution in [0.5, 0.6) is 0 Å². The van der Waals surface area contributed by atoms with Crippen molar-refractivity contribution in [1.82, 2.24) is 10.3 Å². The first-order valence-electron chi connectivity index (χ1n) is 8.01. The monoisotopic (exact) mass is 360 g/mol. The SMILES string of the molecule is Cc1cc(C(C)(C)C)cc(C)c1S(=O)(=O)NNC(=O)c1ccccc1. The molecule has 134 valence electrons. The summed E-state index contributed by atoms with van der Waals surface area (Å²) in [7, 11) is -3.87. The number of nitrogens with one attached hydrogen (secondary N) is 2. The lowest BCUT2D eigenvalue weighted by atomic mass is 9.85. The fourth-order valence-corrected chi connectivity index (χ4v) is 3.93. The van der Waals surface area contributed by atoms with E-state index >= 15 is 0 Å². The van der Waals surface area contributed by atoms with E-state index in [1.165, 1.54) is 0 Å². The van der Waals surface area contributed by atoms with E-state index in [2.05, 4.69) is 31.0 Å². The molecule has 0 spiro atoms. The summed E-state index contributed by atoms with van der Waals surface area (Å²) in [5.74, 6) is -0.509. The summed E-state index contributed by atoms with van der Waals surface area (Å²) in [5.41, 5.74) is 4.91. The Labute approximate surface area is 149 Å². The molecule has 2 aromatic rings. The molecule has 2 N–H and O–H groups in total. The van der Waals surface area contributed by atoms with Gasteiger partial charge in [-0.3, -0.25) is 10.2 Å².